The Kier molecular flexibility index (Phi) is 8.21. The molecule has 3 aliphatic rings. The van der Waals surface area contributed by atoms with Gasteiger partial charge in [0.2, 0.25) is 0 Å². The number of ether oxygens (including phenoxy) is 2. The monoisotopic (exact) mass is 535 g/mol. The van der Waals surface area contributed by atoms with Crippen molar-refractivity contribution in [2.24, 2.45) is 5.92 Å². The van der Waals surface area contributed by atoms with E-state index in [9.17, 15) is 18.4 Å². The Hall–Kier alpha value is -3.78. The lowest BCUT2D eigenvalue weighted by Gasteiger charge is -2.52. The fourth-order valence-electron chi connectivity index (χ4n) is 5.78. The Labute approximate surface area is 227 Å². The van der Waals surface area contributed by atoms with E-state index in [1.807, 2.05) is 6.07 Å². The molecule has 6 nitrogen and oxygen atoms in total. The fourth-order valence-corrected chi connectivity index (χ4v) is 5.78. The molecule has 3 saturated heterocycles. The van der Waals surface area contributed by atoms with Gasteiger partial charge in [-0.05, 0) is 42.0 Å². The number of esters is 1. The number of rotatable bonds is 9. The van der Waals surface area contributed by atoms with Crippen molar-refractivity contribution in [3.8, 4) is 0 Å². The first-order chi connectivity index (χ1) is 18.9. The first-order valence-electron chi connectivity index (χ1n) is 13.5. The maximum absolute atomic E-state index is 14.7. The number of benzene rings is 3. The van der Waals surface area contributed by atoms with Crippen LogP contribution in [0.1, 0.15) is 35.2 Å². The molecule has 3 aromatic carbocycles. The zero-order valence-electron chi connectivity index (χ0n) is 21.8. The summed E-state index contributed by atoms with van der Waals surface area (Å²) in [6.07, 6.45) is 1.71. The van der Waals surface area contributed by atoms with E-state index in [4.69, 9.17) is 9.47 Å². The molecule has 0 radical (unpaired) electrons. The highest BCUT2D eigenvalue weighted by Crippen LogP contribution is 2.36. The largest absolute Gasteiger partial charge is 0.462 e. The molecule has 3 heterocycles. The van der Waals surface area contributed by atoms with Gasteiger partial charge in [0, 0.05) is 25.2 Å². The Morgan fingerprint density at radius 1 is 0.897 bits per heavy atom. The smallest absolute Gasteiger partial charge is 0.415 e. The molecule has 0 aromatic heterocycles. The zero-order valence-corrected chi connectivity index (χ0v) is 21.8. The second kappa shape index (κ2) is 11.9. The third kappa shape index (κ3) is 6.45. The third-order valence-corrected chi connectivity index (χ3v) is 7.93. The summed E-state index contributed by atoms with van der Waals surface area (Å²) < 4.78 is 40.5. The van der Waals surface area contributed by atoms with Gasteiger partial charge in [-0.3, -0.25) is 4.90 Å². The average molecular weight is 536 g/mol. The van der Waals surface area contributed by atoms with Crippen molar-refractivity contribution in [1.82, 2.24) is 0 Å². The van der Waals surface area contributed by atoms with Crippen LogP contribution in [-0.2, 0) is 16.0 Å². The van der Waals surface area contributed by atoms with Crippen LogP contribution in [0, 0.1) is 17.6 Å². The molecule has 3 fully saturated rings. The number of piperidine rings is 3. The van der Waals surface area contributed by atoms with Crippen molar-refractivity contribution in [2.45, 2.75) is 31.9 Å². The number of hydrogen-bond acceptors (Lipinski definition) is 4. The van der Waals surface area contributed by atoms with E-state index in [2.05, 4.69) is 0 Å². The molecular weight excluding hydrogens is 502 g/mol. The number of quaternary nitrogens is 1. The molecule has 0 saturated carbocycles. The molecular formula is C31H33F2N2O4+. The van der Waals surface area contributed by atoms with Crippen molar-refractivity contribution in [1.29, 1.82) is 0 Å². The first kappa shape index (κ1) is 26.8. The quantitative estimate of drug-likeness (QED) is 0.193. The van der Waals surface area contributed by atoms with Gasteiger partial charge < -0.3 is 14.0 Å². The Balaban J connectivity index is 1.22. The van der Waals surface area contributed by atoms with Crippen LogP contribution in [0.5, 0.6) is 0 Å². The number of nitrogens with zero attached hydrogens (tertiary/aromatic N) is 2. The lowest BCUT2D eigenvalue weighted by Crippen LogP contribution is -2.65. The van der Waals surface area contributed by atoms with Gasteiger partial charge in [0.25, 0.3) is 0 Å². The number of anilines is 1. The molecule has 0 N–H and O–H groups in total. The molecule has 0 aliphatic carbocycles. The molecule has 39 heavy (non-hydrogen) atoms. The standard InChI is InChI=1S/C31H33F2N2O4/c32-26-13-11-23(12-14-26)21-34(28-10-5-4-9-27(28)33)31(37)39-29-22-35(18-15-24(29)16-19-35)17-6-20-38-30(36)25-7-2-1-3-8-25/h1-5,7-14,24,29H,6,15-22H2/q+1. The van der Waals surface area contributed by atoms with Crippen LogP contribution in [0.3, 0.4) is 0 Å². The van der Waals surface area contributed by atoms with E-state index in [0.717, 1.165) is 43.4 Å². The van der Waals surface area contributed by atoms with Gasteiger partial charge in [-0.15, -0.1) is 0 Å². The van der Waals surface area contributed by atoms with Gasteiger partial charge >= 0.3 is 12.1 Å². The molecule has 3 aliphatic heterocycles. The Morgan fingerprint density at radius 3 is 2.31 bits per heavy atom. The fraction of sp³-hybridized carbons (Fsp3) is 0.355. The first-order valence-corrected chi connectivity index (χ1v) is 13.5. The van der Waals surface area contributed by atoms with E-state index >= 15 is 0 Å². The van der Waals surface area contributed by atoms with Gasteiger partial charge in [-0.25, -0.2) is 18.4 Å². The number of carbonyl (C=O) groups excluding carboxylic acids is 2. The predicted octanol–water partition coefficient (Wildman–Crippen LogP) is 5.96. The number of carbonyl (C=O) groups is 2. The molecule has 6 rings (SSSR count). The van der Waals surface area contributed by atoms with Gasteiger partial charge in [-0.1, -0.05) is 42.5 Å². The third-order valence-electron chi connectivity index (χ3n) is 7.93. The molecule has 204 valence electrons. The lowest BCUT2D eigenvalue weighted by atomic mass is 9.83. The summed E-state index contributed by atoms with van der Waals surface area (Å²) in [5, 5.41) is 0. The summed E-state index contributed by atoms with van der Waals surface area (Å²) >= 11 is 0. The number of amides is 1. The molecule has 1 atom stereocenters. The minimum Gasteiger partial charge on any atom is -0.462 e. The van der Waals surface area contributed by atoms with E-state index in [-0.39, 0.29) is 36.0 Å². The summed E-state index contributed by atoms with van der Waals surface area (Å²) in [6.45, 7) is 3.90. The van der Waals surface area contributed by atoms with Crippen LogP contribution in [0.2, 0.25) is 0 Å². The van der Waals surface area contributed by atoms with Crippen LogP contribution >= 0.6 is 0 Å². The van der Waals surface area contributed by atoms with Gasteiger partial charge in [0.15, 0.2) is 6.10 Å². The van der Waals surface area contributed by atoms with Crippen LogP contribution < -0.4 is 4.90 Å². The molecule has 1 unspecified atom stereocenters. The Bertz CT molecular complexity index is 1280. The number of fused-ring (bicyclic) bond motifs is 3. The zero-order chi connectivity index (χ0) is 27.2. The van der Waals surface area contributed by atoms with Gasteiger partial charge in [0.1, 0.15) is 18.2 Å². The lowest BCUT2D eigenvalue weighted by molar-refractivity contribution is -0.946. The molecule has 1 amide bonds. The highest BCUT2D eigenvalue weighted by Gasteiger charge is 2.47. The average Bonchev–Trinajstić information content (AvgIpc) is 2.96. The van der Waals surface area contributed by atoms with E-state index in [0.29, 0.717) is 24.3 Å². The molecule has 2 bridgehead atoms. The molecule has 3 aromatic rings. The van der Waals surface area contributed by atoms with Crippen LogP contribution in [-0.4, -0.2) is 55.4 Å². The second-order valence-corrected chi connectivity index (χ2v) is 10.5. The molecule has 8 heteroatoms. The highest BCUT2D eigenvalue weighted by molar-refractivity contribution is 5.89. The summed E-state index contributed by atoms with van der Waals surface area (Å²) in [5.74, 6) is -0.971. The summed E-state index contributed by atoms with van der Waals surface area (Å²) in [6, 6.07) is 20.8. The summed E-state index contributed by atoms with van der Waals surface area (Å²) in [5.41, 5.74) is 1.33. The molecule has 0 spiro atoms. The van der Waals surface area contributed by atoms with E-state index in [1.54, 1.807) is 54.6 Å². The predicted molar refractivity (Wildman–Crippen MR) is 143 cm³/mol. The van der Waals surface area contributed by atoms with Crippen LogP contribution in [0.25, 0.3) is 0 Å². The normalized spacial score (nSPS) is 21.8. The number of halogens is 2. The van der Waals surface area contributed by atoms with E-state index in [1.165, 1.54) is 23.1 Å². The minimum absolute atomic E-state index is 0.0597. The van der Waals surface area contributed by atoms with Gasteiger partial charge in [-0.2, -0.15) is 0 Å². The summed E-state index contributed by atoms with van der Waals surface area (Å²) in [7, 11) is 0. The minimum atomic E-state index is -0.613. The summed E-state index contributed by atoms with van der Waals surface area (Å²) in [4.78, 5) is 27.0. The van der Waals surface area contributed by atoms with Crippen LogP contribution in [0.15, 0.2) is 78.9 Å². The van der Waals surface area contributed by atoms with Crippen molar-refractivity contribution in [3.05, 3.63) is 102 Å². The maximum Gasteiger partial charge on any atom is 0.415 e. The van der Waals surface area contributed by atoms with Crippen LogP contribution in [0.4, 0.5) is 19.3 Å². The number of para-hydroxylation sites is 1. The van der Waals surface area contributed by atoms with E-state index < -0.39 is 11.9 Å². The van der Waals surface area contributed by atoms with Gasteiger partial charge in [0.05, 0.1) is 44.0 Å². The topological polar surface area (TPSA) is 55.8 Å². The SMILES string of the molecule is O=C(OCCC[N+]12CCC(CC1)C(OC(=O)N(Cc1ccc(F)cc1)c1ccccc1F)C2)c1ccccc1. The highest BCUT2D eigenvalue weighted by atomic mass is 19.1. The maximum atomic E-state index is 14.7. The van der Waals surface area contributed by atoms with Crippen molar-refractivity contribution >= 4 is 17.7 Å². The van der Waals surface area contributed by atoms with Crippen molar-refractivity contribution < 1.29 is 32.3 Å². The van der Waals surface area contributed by atoms with Crippen molar-refractivity contribution in [2.75, 3.05) is 37.7 Å². The number of hydrogen-bond donors (Lipinski definition) is 0. The second-order valence-electron chi connectivity index (χ2n) is 10.5. The Morgan fingerprint density at radius 2 is 1.59 bits per heavy atom. The van der Waals surface area contributed by atoms with Crippen molar-refractivity contribution in [3.63, 3.8) is 0 Å².